The number of nitrogens with zero attached hydrogens (tertiary/aromatic N) is 4. The summed E-state index contributed by atoms with van der Waals surface area (Å²) in [6.07, 6.45) is -0.0455. The minimum Gasteiger partial charge on any atom is -0.395 e. The number of β-amino-alcohol motifs (C(OH)–C–C–N with tert-alkyl or cyclic N) is 1. The van der Waals surface area contributed by atoms with Gasteiger partial charge in [-0.1, -0.05) is 6.07 Å². The molecule has 0 radical (unpaired) electrons. The Balaban J connectivity index is 2.02. The van der Waals surface area contributed by atoms with E-state index >= 15 is 0 Å². The maximum Gasteiger partial charge on any atom is 0.330 e. The van der Waals surface area contributed by atoms with Crippen LogP contribution in [-0.2, 0) is 20.5 Å². The van der Waals surface area contributed by atoms with E-state index in [-0.39, 0.29) is 24.3 Å². The molecule has 0 unspecified atom stereocenters. The number of hydrogen-bond acceptors (Lipinski definition) is 5. The maximum absolute atomic E-state index is 14.5. The zero-order chi connectivity index (χ0) is 22.0. The third-order valence-electron chi connectivity index (χ3n) is 5.45. The van der Waals surface area contributed by atoms with Crippen molar-refractivity contribution in [3.63, 3.8) is 0 Å². The maximum atomic E-state index is 14.5. The van der Waals surface area contributed by atoms with Crippen LogP contribution in [0.4, 0.5) is 4.39 Å². The summed E-state index contributed by atoms with van der Waals surface area (Å²) in [5.74, 6) is -0.915. The summed E-state index contributed by atoms with van der Waals surface area (Å²) in [5, 5.41) is 9.08. The molecule has 1 aromatic carbocycles. The average molecular weight is 530 g/mol. The Labute approximate surface area is 186 Å². The first-order chi connectivity index (χ1) is 14.2. The van der Waals surface area contributed by atoms with Gasteiger partial charge in [0.05, 0.1) is 6.61 Å². The largest absolute Gasteiger partial charge is 0.395 e. The van der Waals surface area contributed by atoms with Gasteiger partial charge in [-0.05, 0) is 40.3 Å². The number of aromatic nitrogens is 2. The van der Waals surface area contributed by atoms with Crippen LogP contribution in [0.2, 0.25) is 0 Å². The molecular formula is C20H24FIN4O4. The normalized spacial score (nSPS) is 14.9. The molecule has 1 aromatic heterocycles. The molecule has 2 aromatic rings. The number of aliphatic hydroxyl groups excluding tert-OH is 1. The van der Waals surface area contributed by atoms with Crippen LogP contribution in [0.25, 0.3) is 0 Å². The van der Waals surface area contributed by atoms with Crippen molar-refractivity contribution in [1.29, 1.82) is 0 Å². The first kappa shape index (κ1) is 22.6. The molecule has 1 amide bonds. The number of amides is 1. The number of hydrogen-bond donors (Lipinski definition) is 1. The van der Waals surface area contributed by atoms with Crippen molar-refractivity contribution >= 4 is 28.5 Å². The Bertz CT molecular complexity index is 1070. The van der Waals surface area contributed by atoms with Crippen LogP contribution in [-0.4, -0.2) is 69.3 Å². The molecule has 1 saturated heterocycles. The second-order valence-corrected chi connectivity index (χ2v) is 8.54. The monoisotopic (exact) mass is 530 g/mol. The number of piperazine rings is 1. The van der Waals surface area contributed by atoms with Crippen molar-refractivity contribution < 1.29 is 14.3 Å². The average Bonchev–Trinajstić information content (AvgIpc) is 2.72. The predicted octanol–water partition coefficient (Wildman–Crippen LogP) is 0.169. The van der Waals surface area contributed by atoms with Gasteiger partial charge in [-0.25, -0.2) is 9.18 Å². The summed E-state index contributed by atoms with van der Waals surface area (Å²) < 4.78 is 17.3. The Kier molecular flexibility index (Phi) is 7.09. The first-order valence-electron chi connectivity index (χ1n) is 9.60. The summed E-state index contributed by atoms with van der Waals surface area (Å²) in [6, 6.07) is 4.71. The topological polar surface area (TPSA) is 87.8 Å². The Morgan fingerprint density at radius 1 is 1.13 bits per heavy atom. The van der Waals surface area contributed by atoms with Crippen LogP contribution < -0.4 is 11.2 Å². The van der Waals surface area contributed by atoms with Gasteiger partial charge in [-0.15, -0.1) is 0 Å². The van der Waals surface area contributed by atoms with Gasteiger partial charge in [0.1, 0.15) is 11.4 Å². The van der Waals surface area contributed by atoms with Crippen LogP contribution in [0.1, 0.15) is 21.6 Å². The van der Waals surface area contributed by atoms with Crippen molar-refractivity contribution in [1.82, 2.24) is 18.9 Å². The molecule has 1 N–H and O–H groups in total. The molecule has 1 fully saturated rings. The number of halogens is 2. The van der Waals surface area contributed by atoms with Gasteiger partial charge < -0.3 is 10.0 Å². The van der Waals surface area contributed by atoms with Gasteiger partial charge in [0.25, 0.3) is 11.5 Å². The van der Waals surface area contributed by atoms with Crippen LogP contribution >= 0.6 is 22.6 Å². The molecule has 0 saturated carbocycles. The number of benzene rings is 1. The summed E-state index contributed by atoms with van der Waals surface area (Å²) in [5.41, 5.74) is -0.841. The summed E-state index contributed by atoms with van der Waals surface area (Å²) >= 11 is 2.00. The minimum atomic E-state index is -0.679. The molecule has 1 aliphatic rings. The van der Waals surface area contributed by atoms with Gasteiger partial charge in [0.2, 0.25) is 0 Å². The third-order valence-corrected chi connectivity index (χ3v) is 6.12. The summed E-state index contributed by atoms with van der Waals surface area (Å²) in [6.45, 7) is 2.55. The van der Waals surface area contributed by atoms with Gasteiger partial charge in [-0.3, -0.25) is 23.6 Å². The lowest BCUT2D eigenvalue weighted by molar-refractivity contribution is 0.0610. The molecular weight excluding hydrogens is 506 g/mol. The van der Waals surface area contributed by atoms with Crippen molar-refractivity contribution in [3.05, 3.63) is 65.2 Å². The lowest BCUT2D eigenvalue weighted by atomic mass is 10.0. The second kappa shape index (κ2) is 9.40. The lowest BCUT2D eigenvalue weighted by Crippen LogP contribution is -2.52. The number of rotatable bonds is 5. The zero-order valence-corrected chi connectivity index (χ0v) is 19.1. The highest BCUT2D eigenvalue weighted by atomic mass is 127. The molecule has 3 rings (SSSR count). The first-order valence-corrected chi connectivity index (χ1v) is 10.7. The van der Waals surface area contributed by atoms with Crippen molar-refractivity contribution in [2.45, 2.75) is 6.42 Å². The van der Waals surface area contributed by atoms with Crippen molar-refractivity contribution in [3.8, 4) is 0 Å². The highest BCUT2D eigenvalue weighted by Crippen LogP contribution is 2.18. The van der Waals surface area contributed by atoms with Crippen molar-refractivity contribution in [2.24, 2.45) is 14.1 Å². The van der Waals surface area contributed by atoms with Gasteiger partial charge in [0.15, 0.2) is 0 Å². The molecule has 0 bridgehead atoms. The number of carbonyl (C=O) groups excluding carboxylic acids is 1. The fraction of sp³-hybridized carbons (Fsp3) is 0.450. The van der Waals surface area contributed by atoms with E-state index < -0.39 is 23.0 Å². The van der Waals surface area contributed by atoms with E-state index in [0.717, 1.165) is 8.14 Å². The van der Waals surface area contributed by atoms with E-state index in [2.05, 4.69) is 0 Å². The van der Waals surface area contributed by atoms with Crippen LogP contribution in [0, 0.1) is 9.39 Å². The van der Waals surface area contributed by atoms with E-state index in [4.69, 9.17) is 5.11 Å². The molecule has 2 heterocycles. The molecule has 30 heavy (non-hydrogen) atoms. The van der Waals surface area contributed by atoms with Crippen LogP contribution in [0.3, 0.4) is 0 Å². The SMILES string of the molecule is Cn1c(Cc2ccc(I)cc2F)c(C(=O)N2CCN(CCO)CC2)c(=O)n(C)c1=O. The zero-order valence-electron chi connectivity index (χ0n) is 16.9. The van der Waals surface area contributed by atoms with E-state index in [9.17, 15) is 18.8 Å². The minimum absolute atomic E-state index is 0.0427. The second-order valence-electron chi connectivity index (χ2n) is 7.30. The Hall–Kier alpha value is -2.05. The Morgan fingerprint density at radius 3 is 2.40 bits per heavy atom. The highest BCUT2D eigenvalue weighted by molar-refractivity contribution is 14.1. The number of carbonyl (C=O) groups is 1. The molecule has 0 spiro atoms. The van der Waals surface area contributed by atoms with Crippen molar-refractivity contribution in [2.75, 3.05) is 39.3 Å². The lowest BCUT2D eigenvalue weighted by Gasteiger charge is -2.34. The molecule has 162 valence electrons. The number of aliphatic hydroxyl groups is 1. The quantitative estimate of drug-likeness (QED) is 0.558. The molecule has 1 aliphatic heterocycles. The molecule has 8 nitrogen and oxygen atoms in total. The van der Waals surface area contributed by atoms with Gasteiger partial charge in [-0.2, -0.15) is 0 Å². The standard InChI is InChI=1S/C20H24FIN4O4/c1-23-16(11-13-3-4-14(22)12-15(13)21)17(18(28)24(2)20(23)30)19(29)26-7-5-25(6-8-26)9-10-27/h3-4,12,27H,5-11H2,1-2H3. The van der Waals surface area contributed by atoms with Crippen LogP contribution in [0.15, 0.2) is 27.8 Å². The highest BCUT2D eigenvalue weighted by Gasteiger charge is 2.29. The Morgan fingerprint density at radius 2 is 1.80 bits per heavy atom. The van der Waals surface area contributed by atoms with Gasteiger partial charge in [0, 0.05) is 62.5 Å². The summed E-state index contributed by atoms with van der Waals surface area (Å²) in [7, 11) is 2.81. The fourth-order valence-corrected chi connectivity index (χ4v) is 4.08. The summed E-state index contributed by atoms with van der Waals surface area (Å²) in [4.78, 5) is 42.3. The van der Waals surface area contributed by atoms with E-state index in [1.165, 1.54) is 24.7 Å². The van der Waals surface area contributed by atoms with Gasteiger partial charge >= 0.3 is 5.69 Å². The molecule has 10 heteroatoms. The molecule has 0 aliphatic carbocycles. The smallest absolute Gasteiger partial charge is 0.330 e. The third kappa shape index (κ3) is 4.49. The molecule has 0 atom stereocenters. The van der Waals surface area contributed by atoms with E-state index in [1.807, 2.05) is 27.5 Å². The van der Waals surface area contributed by atoms with E-state index in [0.29, 0.717) is 38.3 Å². The fourth-order valence-electron chi connectivity index (χ4n) is 3.63. The predicted molar refractivity (Wildman–Crippen MR) is 118 cm³/mol. The van der Waals surface area contributed by atoms with E-state index in [1.54, 1.807) is 17.0 Å². The van der Waals surface area contributed by atoms with Crippen LogP contribution in [0.5, 0.6) is 0 Å².